The summed E-state index contributed by atoms with van der Waals surface area (Å²) in [5, 5.41) is 0. The minimum absolute atomic E-state index is 0.177. The van der Waals surface area contributed by atoms with Gasteiger partial charge < -0.3 is 9.47 Å². The summed E-state index contributed by atoms with van der Waals surface area (Å²) < 4.78 is 23.4. The number of hydrazine groups is 1. The summed E-state index contributed by atoms with van der Waals surface area (Å²) >= 11 is 0. The number of halogens is 1. The van der Waals surface area contributed by atoms with Crippen LogP contribution in [0.5, 0.6) is 5.75 Å². The largest absolute Gasteiger partial charge is 0.496 e. The molecule has 0 aliphatic carbocycles. The number of nitrogens with one attached hydrogen (secondary N) is 2. The molecular formula is C18H17FN2O5. The fourth-order valence-corrected chi connectivity index (χ4v) is 2.07. The van der Waals surface area contributed by atoms with Crippen LogP contribution in [0.15, 0.2) is 42.5 Å². The number of hydrogen-bond acceptors (Lipinski definition) is 5. The standard InChI is InChI=1S/C18H17FN2O5/c1-11-7-8-15(25-2)13(9-11)18(24)26-10-16(22)20-21-17(23)12-5-3-4-6-14(12)19/h3-9H,10H2,1-2H3,(H,20,22)(H,21,23). The van der Waals surface area contributed by atoms with Crippen molar-refractivity contribution in [3.05, 3.63) is 65.0 Å². The monoisotopic (exact) mass is 360 g/mol. The number of carbonyl (C=O) groups is 3. The van der Waals surface area contributed by atoms with Crippen molar-refractivity contribution >= 4 is 17.8 Å². The number of benzene rings is 2. The van der Waals surface area contributed by atoms with Gasteiger partial charge in [0.15, 0.2) is 6.61 Å². The number of ether oxygens (including phenoxy) is 2. The molecule has 0 saturated carbocycles. The van der Waals surface area contributed by atoms with E-state index >= 15 is 0 Å². The molecule has 0 fully saturated rings. The molecule has 7 nitrogen and oxygen atoms in total. The second kappa shape index (κ2) is 8.61. The van der Waals surface area contributed by atoms with Crippen LogP contribution in [0.4, 0.5) is 4.39 Å². The smallest absolute Gasteiger partial charge is 0.342 e. The van der Waals surface area contributed by atoms with Crippen LogP contribution in [-0.2, 0) is 9.53 Å². The van der Waals surface area contributed by atoms with Crippen LogP contribution in [0.2, 0.25) is 0 Å². The Hall–Kier alpha value is -3.42. The molecule has 2 amide bonds. The molecule has 0 bridgehead atoms. The topological polar surface area (TPSA) is 93.7 Å². The molecule has 0 heterocycles. The molecule has 26 heavy (non-hydrogen) atoms. The Labute approximate surface area is 149 Å². The molecule has 2 rings (SSSR count). The molecule has 0 atom stereocenters. The Balaban J connectivity index is 1.87. The molecule has 2 N–H and O–H groups in total. The van der Waals surface area contributed by atoms with Crippen LogP contribution in [0.1, 0.15) is 26.3 Å². The molecule has 0 aliphatic heterocycles. The lowest BCUT2D eigenvalue weighted by Crippen LogP contribution is -2.43. The van der Waals surface area contributed by atoms with Crippen LogP contribution >= 0.6 is 0 Å². The van der Waals surface area contributed by atoms with Gasteiger partial charge in [0.1, 0.15) is 17.1 Å². The van der Waals surface area contributed by atoms with Gasteiger partial charge in [-0.3, -0.25) is 20.4 Å². The van der Waals surface area contributed by atoms with Crippen LogP contribution < -0.4 is 15.6 Å². The van der Waals surface area contributed by atoms with Gasteiger partial charge in [-0.05, 0) is 31.2 Å². The van der Waals surface area contributed by atoms with E-state index in [4.69, 9.17) is 9.47 Å². The van der Waals surface area contributed by atoms with E-state index in [0.29, 0.717) is 5.75 Å². The van der Waals surface area contributed by atoms with E-state index in [1.54, 1.807) is 25.1 Å². The van der Waals surface area contributed by atoms with Crippen molar-refractivity contribution in [3.8, 4) is 5.75 Å². The summed E-state index contributed by atoms with van der Waals surface area (Å²) in [5.41, 5.74) is 4.85. The second-order valence-corrected chi connectivity index (χ2v) is 5.26. The summed E-state index contributed by atoms with van der Waals surface area (Å²) in [5.74, 6) is -2.77. The molecule has 2 aromatic rings. The van der Waals surface area contributed by atoms with Crippen molar-refractivity contribution in [2.45, 2.75) is 6.92 Å². The van der Waals surface area contributed by atoms with Gasteiger partial charge in [-0.15, -0.1) is 0 Å². The quantitative estimate of drug-likeness (QED) is 0.626. The summed E-state index contributed by atoms with van der Waals surface area (Å²) in [6.07, 6.45) is 0. The van der Waals surface area contributed by atoms with Gasteiger partial charge in [0.2, 0.25) is 0 Å². The van der Waals surface area contributed by atoms with Gasteiger partial charge in [-0.1, -0.05) is 23.8 Å². The number of methoxy groups -OCH3 is 1. The van der Waals surface area contributed by atoms with Gasteiger partial charge in [0.05, 0.1) is 12.7 Å². The van der Waals surface area contributed by atoms with E-state index in [9.17, 15) is 18.8 Å². The lowest BCUT2D eigenvalue weighted by atomic mass is 10.1. The fraction of sp³-hybridized carbons (Fsp3) is 0.167. The maximum atomic E-state index is 13.5. The van der Waals surface area contributed by atoms with E-state index in [-0.39, 0.29) is 11.1 Å². The average molecular weight is 360 g/mol. The SMILES string of the molecule is COc1ccc(C)cc1C(=O)OCC(=O)NNC(=O)c1ccccc1F. The first kappa shape index (κ1) is 18.9. The number of esters is 1. The first-order valence-corrected chi connectivity index (χ1v) is 7.58. The van der Waals surface area contributed by atoms with Crippen LogP contribution in [0.25, 0.3) is 0 Å². The number of aryl methyl sites for hydroxylation is 1. The maximum Gasteiger partial charge on any atom is 0.342 e. The fourth-order valence-electron chi connectivity index (χ4n) is 2.07. The highest BCUT2D eigenvalue weighted by molar-refractivity contribution is 5.96. The highest BCUT2D eigenvalue weighted by atomic mass is 19.1. The Bertz CT molecular complexity index is 838. The highest BCUT2D eigenvalue weighted by Gasteiger charge is 2.16. The van der Waals surface area contributed by atoms with Gasteiger partial charge >= 0.3 is 5.97 Å². The first-order valence-electron chi connectivity index (χ1n) is 7.58. The summed E-state index contributed by atoms with van der Waals surface area (Å²) in [4.78, 5) is 35.5. The summed E-state index contributed by atoms with van der Waals surface area (Å²) in [6, 6.07) is 10.2. The zero-order chi connectivity index (χ0) is 19.1. The molecule has 0 saturated heterocycles. The van der Waals surface area contributed by atoms with Gasteiger partial charge in [-0.25, -0.2) is 9.18 Å². The molecule has 136 valence electrons. The molecule has 2 aromatic carbocycles. The van der Waals surface area contributed by atoms with Gasteiger partial charge in [0, 0.05) is 0 Å². The van der Waals surface area contributed by atoms with Crippen molar-refractivity contribution in [1.29, 1.82) is 0 Å². The third-order valence-electron chi connectivity index (χ3n) is 3.34. The minimum atomic E-state index is -0.830. The molecule has 0 radical (unpaired) electrons. The average Bonchev–Trinajstić information content (AvgIpc) is 2.64. The Morgan fingerprint density at radius 1 is 1.04 bits per heavy atom. The highest BCUT2D eigenvalue weighted by Crippen LogP contribution is 2.20. The molecule has 8 heteroatoms. The van der Waals surface area contributed by atoms with E-state index < -0.39 is 30.2 Å². The third kappa shape index (κ3) is 4.79. The Morgan fingerprint density at radius 3 is 2.46 bits per heavy atom. The van der Waals surface area contributed by atoms with Crippen LogP contribution in [0, 0.1) is 12.7 Å². The number of rotatable bonds is 5. The van der Waals surface area contributed by atoms with Crippen molar-refractivity contribution in [2.24, 2.45) is 0 Å². The van der Waals surface area contributed by atoms with Crippen molar-refractivity contribution < 1.29 is 28.2 Å². The van der Waals surface area contributed by atoms with E-state index in [1.807, 2.05) is 10.9 Å². The van der Waals surface area contributed by atoms with Crippen molar-refractivity contribution in [2.75, 3.05) is 13.7 Å². The van der Waals surface area contributed by atoms with E-state index in [2.05, 4.69) is 0 Å². The van der Waals surface area contributed by atoms with E-state index in [0.717, 1.165) is 11.6 Å². The van der Waals surface area contributed by atoms with Gasteiger partial charge in [0.25, 0.3) is 11.8 Å². The predicted molar refractivity (Wildman–Crippen MR) is 90.0 cm³/mol. The normalized spacial score (nSPS) is 9.96. The minimum Gasteiger partial charge on any atom is -0.496 e. The molecule has 0 aliphatic rings. The predicted octanol–water partition coefficient (Wildman–Crippen LogP) is 1.76. The number of hydrogen-bond donors (Lipinski definition) is 2. The maximum absolute atomic E-state index is 13.5. The van der Waals surface area contributed by atoms with E-state index in [1.165, 1.54) is 25.3 Å². The van der Waals surface area contributed by atoms with Crippen LogP contribution in [0.3, 0.4) is 0 Å². The molecule has 0 aromatic heterocycles. The number of amides is 2. The summed E-state index contributed by atoms with van der Waals surface area (Å²) in [7, 11) is 1.41. The van der Waals surface area contributed by atoms with Crippen molar-refractivity contribution in [1.82, 2.24) is 10.9 Å². The molecule has 0 unspecified atom stereocenters. The third-order valence-corrected chi connectivity index (χ3v) is 3.34. The zero-order valence-corrected chi connectivity index (χ0v) is 14.2. The van der Waals surface area contributed by atoms with Crippen LogP contribution in [-0.4, -0.2) is 31.5 Å². The lowest BCUT2D eigenvalue weighted by molar-refractivity contribution is -0.125. The zero-order valence-electron chi connectivity index (χ0n) is 14.2. The number of carbonyl (C=O) groups excluding carboxylic acids is 3. The Kier molecular flexibility index (Phi) is 6.26. The molecule has 0 spiro atoms. The first-order chi connectivity index (χ1) is 12.4. The summed E-state index contributed by atoms with van der Waals surface area (Å²) in [6.45, 7) is 1.16. The second-order valence-electron chi connectivity index (χ2n) is 5.26. The lowest BCUT2D eigenvalue weighted by Gasteiger charge is -2.10. The molecular weight excluding hydrogens is 343 g/mol. The van der Waals surface area contributed by atoms with Crippen molar-refractivity contribution in [3.63, 3.8) is 0 Å². The Morgan fingerprint density at radius 2 is 1.77 bits per heavy atom. The van der Waals surface area contributed by atoms with Gasteiger partial charge in [-0.2, -0.15) is 0 Å².